The Morgan fingerprint density at radius 3 is 2.59 bits per heavy atom. The van der Waals surface area contributed by atoms with Crippen LogP contribution in [0.15, 0.2) is 65.7 Å². The summed E-state index contributed by atoms with van der Waals surface area (Å²) in [6.45, 7) is 2.94. The molecule has 34 heavy (non-hydrogen) atoms. The molecule has 1 amide bonds. The summed E-state index contributed by atoms with van der Waals surface area (Å²) >= 11 is 0. The van der Waals surface area contributed by atoms with Crippen LogP contribution in [-0.2, 0) is 16.6 Å². The van der Waals surface area contributed by atoms with Gasteiger partial charge in [-0.25, -0.2) is 17.8 Å². The third kappa shape index (κ3) is 5.60. The molecule has 0 atom stereocenters. The first-order valence-electron chi connectivity index (χ1n) is 11.1. The Bertz CT molecular complexity index is 1270. The number of piperidine rings is 1. The molecular formula is C25H26FN3O4S. The predicted octanol–water partition coefficient (Wildman–Crippen LogP) is 4.43. The van der Waals surface area contributed by atoms with Crippen LogP contribution in [0.25, 0.3) is 0 Å². The summed E-state index contributed by atoms with van der Waals surface area (Å²) in [5, 5.41) is 2.79. The lowest BCUT2D eigenvalue weighted by atomic mass is 10.1. The SMILES string of the molecule is Cc1ccc(C(=O)NCc2ccc(Oc3cccc(F)c3)nc2)cc1S(=O)(=O)N1CCCCC1. The van der Waals surface area contributed by atoms with Crippen molar-refractivity contribution in [2.24, 2.45) is 0 Å². The number of nitrogens with one attached hydrogen (secondary N) is 1. The molecule has 9 heteroatoms. The number of carbonyl (C=O) groups is 1. The second-order valence-electron chi connectivity index (χ2n) is 8.19. The fourth-order valence-corrected chi connectivity index (χ4v) is 5.54. The fourth-order valence-electron chi connectivity index (χ4n) is 3.78. The number of benzene rings is 2. The zero-order valence-electron chi connectivity index (χ0n) is 18.8. The first-order valence-corrected chi connectivity index (χ1v) is 12.5. The monoisotopic (exact) mass is 483 g/mol. The van der Waals surface area contributed by atoms with Crippen LogP contribution in [-0.4, -0.2) is 36.7 Å². The van der Waals surface area contributed by atoms with Gasteiger partial charge >= 0.3 is 0 Å². The molecule has 0 bridgehead atoms. The maximum atomic E-state index is 13.3. The summed E-state index contributed by atoms with van der Waals surface area (Å²) in [4.78, 5) is 17.1. The first-order chi connectivity index (χ1) is 16.3. The summed E-state index contributed by atoms with van der Waals surface area (Å²) in [7, 11) is -3.64. The molecule has 1 aliphatic heterocycles. The van der Waals surface area contributed by atoms with Gasteiger partial charge in [-0.1, -0.05) is 24.6 Å². The Kier molecular flexibility index (Phi) is 7.23. The third-order valence-electron chi connectivity index (χ3n) is 5.65. The van der Waals surface area contributed by atoms with Gasteiger partial charge in [0.25, 0.3) is 5.91 Å². The molecule has 2 aromatic carbocycles. The third-order valence-corrected chi connectivity index (χ3v) is 7.69. The maximum Gasteiger partial charge on any atom is 0.251 e. The van der Waals surface area contributed by atoms with Crippen molar-refractivity contribution in [3.05, 3.63) is 83.3 Å². The number of aromatic nitrogens is 1. The number of rotatable bonds is 7. The molecule has 1 aliphatic rings. The molecule has 3 aromatic rings. The highest BCUT2D eigenvalue weighted by atomic mass is 32.2. The van der Waals surface area contributed by atoms with Gasteiger partial charge < -0.3 is 10.1 Å². The van der Waals surface area contributed by atoms with Gasteiger partial charge in [-0.15, -0.1) is 0 Å². The molecule has 0 saturated carbocycles. The van der Waals surface area contributed by atoms with Gasteiger partial charge in [-0.2, -0.15) is 4.31 Å². The molecule has 1 aromatic heterocycles. The highest BCUT2D eigenvalue weighted by Crippen LogP contribution is 2.25. The minimum absolute atomic E-state index is 0.169. The Labute approximate surface area is 198 Å². The van der Waals surface area contributed by atoms with Crippen molar-refractivity contribution in [3.8, 4) is 11.6 Å². The Balaban J connectivity index is 1.40. The van der Waals surface area contributed by atoms with Crippen LogP contribution in [0.2, 0.25) is 0 Å². The number of ether oxygens (including phenoxy) is 1. The number of nitrogens with zero attached hydrogens (tertiary/aromatic N) is 2. The van der Waals surface area contributed by atoms with Crippen LogP contribution in [0.5, 0.6) is 11.6 Å². The average Bonchev–Trinajstić information content (AvgIpc) is 2.84. The molecule has 4 rings (SSSR count). The molecular weight excluding hydrogens is 457 g/mol. The lowest BCUT2D eigenvalue weighted by molar-refractivity contribution is 0.0950. The molecule has 1 fully saturated rings. The van der Waals surface area contributed by atoms with Crippen molar-refractivity contribution in [2.45, 2.75) is 37.6 Å². The van der Waals surface area contributed by atoms with E-state index < -0.39 is 15.8 Å². The summed E-state index contributed by atoms with van der Waals surface area (Å²) in [6.07, 6.45) is 4.27. The van der Waals surface area contributed by atoms with Gasteiger partial charge in [0.05, 0.1) is 4.90 Å². The second kappa shape index (κ2) is 10.3. The van der Waals surface area contributed by atoms with Crippen LogP contribution < -0.4 is 10.1 Å². The van der Waals surface area contributed by atoms with Crippen LogP contribution in [0.3, 0.4) is 0 Å². The summed E-state index contributed by atoms with van der Waals surface area (Å²) < 4.78 is 46.5. The Hall–Kier alpha value is -3.30. The van der Waals surface area contributed by atoms with E-state index >= 15 is 0 Å². The first kappa shape index (κ1) is 23.8. The molecule has 0 unspecified atom stereocenters. The normalized spacial score (nSPS) is 14.5. The number of pyridine rings is 1. The Morgan fingerprint density at radius 1 is 1.09 bits per heavy atom. The van der Waals surface area contributed by atoms with Crippen LogP contribution in [0, 0.1) is 12.7 Å². The van der Waals surface area contributed by atoms with Gasteiger partial charge in [-0.05, 0) is 55.2 Å². The summed E-state index contributed by atoms with van der Waals surface area (Å²) in [5.41, 5.74) is 1.62. The standard InChI is InChI=1S/C25H26FN3O4S/c1-18-8-10-20(14-23(18)34(31,32)29-12-3-2-4-13-29)25(30)28-17-19-9-11-24(27-16-19)33-22-7-5-6-21(26)15-22/h5-11,14-16H,2-4,12-13,17H2,1H3,(H,28,30). The van der Waals surface area contributed by atoms with E-state index in [1.54, 1.807) is 49.5 Å². The van der Waals surface area contributed by atoms with Crippen molar-refractivity contribution in [3.63, 3.8) is 0 Å². The molecule has 0 radical (unpaired) electrons. The summed E-state index contributed by atoms with van der Waals surface area (Å²) in [6, 6.07) is 13.8. The van der Waals surface area contributed by atoms with Crippen LogP contribution >= 0.6 is 0 Å². The minimum atomic E-state index is -3.64. The molecule has 1 saturated heterocycles. The van der Waals surface area contributed by atoms with E-state index in [2.05, 4.69) is 10.3 Å². The van der Waals surface area contributed by atoms with E-state index in [4.69, 9.17) is 4.74 Å². The average molecular weight is 484 g/mol. The molecule has 178 valence electrons. The van der Waals surface area contributed by atoms with E-state index in [1.165, 1.54) is 22.5 Å². The van der Waals surface area contributed by atoms with E-state index in [1.807, 2.05) is 0 Å². The zero-order chi connectivity index (χ0) is 24.1. The number of amides is 1. The van der Waals surface area contributed by atoms with E-state index in [0.29, 0.717) is 30.3 Å². The smallest absolute Gasteiger partial charge is 0.251 e. The van der Waals surface area contributed by atoms with Gasteiger partial charge in [0.2, 0.25) is 15.9 Å². The number of hydrogen-bond acceptors (Lipinski definition) is 5. The van der Waals surface area contributed by atoms with E-state index in [-0.39, 0.29) is 22.9 Å². The van der Waals surface area contributed by atoms with Crippen molar-refractivity contribution >= 4 is 15.9 Å². The number of carbonyl (C=O) groups excluding carboxylic acids is 1. The van der Waals surface area contributed by atoms with Gasteiger partial charge in [0.15, 0.2) is 0 Å². The number of hydrogen-bond donors (Lipinski definition) is 1. The van der Waals surface area contributed by atoms with Gasteiger partial charge in [-0.3, -0.25) is 4.79 Å². The fraction of sp³-hybridized carbons (Fsp3) is 0.280. The van der Waals surface area contributed by atoms with Crippen molar-refractivity contribution < 1.29 is 22.3 Å². The predicted molar refractivity (Wildman–Crippen MR) is 126 cm³/mol. The zero-order valence-corrected chi connectivity index (χ0v) is 19.6. The molecule has 0 spiro atoms. The minimum Gasteiger partial charge on any atom is -0.439 e. The van der Waals surface area contributed by atoms with Crippen molar-refractivity contribution in [1.29, 1.82) is 0 Å². The Morgan fingerprint density at radius 2 is 1.88 bits per heavy atom. The number of halogens is 1. The molecule has 1 N–H and O–H groups in total. The van der Waals surface area contributed by atoms with Crippen molar-refractivity contribution in [1.82, 2.24) is 14.6 Å². The highest BCUT2D eigenvalue weighted by molar-refractivity contribution is 7.89. The quantitative estimate of drug-likeness (QED) is 0.537. The molecule has 2 heterocycles. The molecule has 7 nitrogen and oxygen atoms in total. The number of aryl methyl sites for hydroxylation is 1. The van der Waals surface area contributed by atoms with Crippen molar-refractivity contribution in [2.75, 3.05) is 13.1 Å². The van der Waals surface area contributed by atoms with Gasteiger partial charge in [0, 0.05) is 43.5 Å². The number of sulfonamides is 1. The lowest BCUT2D eigenvalue weighted by Gasteiger charge is -2.26. The summed E-state index contributed by atoms with van der Waals surface area (Å²) in [5.74, 6) is -0.148. The largest absolute Gasteiger partial charge is 0.439 e. The second-order valence-corrected chi connectivity index (χ2v) is 10.1. The highest BCUT2D eigenvalue weighted by Gasteiger charge is 2.28. The van der Waals surface area contributed by atoms with Crippen LogP contribution in [0.1, 0.15) is 40.7 Å². The van der Waals surface area contributed by atoms with Crippen LogP contribution in [0.4, 0.5) is 4.39 Å². The topological polar surface area (TPSA) is 88.6 Å². The maximum absolute atomic E-state index is 13.3. The van der Waals surface area contributed by atoms with E-state index in [9.17, 15) is 17.6 Å². The van der Waals surface area contributed by atoms with E-state index in [0.717, 1.165) is 24.8 Å². The molecule has 0 aliphatic carbocycles. The van der Waals surface area contributed by atoms with Gasteiger partial charge in [0.1, 0.15) is 11.6 Å². The lowest BCUT2D eigenvalue weighted by Crippen LogP contribution is -2.36.